The lowest BCUT2D eigenvalue weighted by molar-refractivity contribution is -0.123. The van der Waals surface area contributed by atoms with Crippen LogP contribution in [0.1, 0.15) is 30.9 Å². The van der Waals surface area contributed by atoms with Crippen molar-refractivity contribution < 1.29 is 9.18 Å². The third kappa shape index (κ3) is 4.89. The minimum atomic E-state index is -0.399. The topological polar surface area (TPSA) is 55.1 Å². The van der Waals surface area contributed by atoms with Gasteiger partial charge in [0.05, 0.1) is 10.9 Å². The average Bonchev–Trinajstić information content (AvgIpc) is 2.38. The highest BCUT2D eigenvalue weighted by Crippen LogP contribution is 2.11. The zero-order chi connectivity index (χ0) is 15.1. The Bertz CT molecular complexity index is 491. The van der Waals surface area contributed by atoms with Gasteiger partial charge in [0.1, 0.15) is 5.82 Å². The molecule has 1 rings (SSSR count). The summed E-state index contributed by atoms with van der Waals surface area (Å²) in [6.45, 7) is 4.34. The lowest BCUT2D eigenvalue weighted by Crippen LogP contribution is -2.38. The van der Waals surface area contributed by atoms with Gasteiger partial charge in [0.25, 0.3) is 0 Å². The van der Waals surface area contributed by atoms with Crippen LogP contribution in [0.25, 0.3) is 0 Å². The average molecular weight is 296 g/mol. The van der Waals surface area contributed by atoms with Gasteiger partial charge in [-0.15, -0.1) is 0 Å². The van der Waals surface area contributed by atoms with Gasteiger partial charge in [-0.25, -0.2) is 4.39 Å². The van der Waals surface area contributed by atoms with Crippen LogP contribution in [0.15, 0.2) is 18.2 Å². The Morgan fingerprint density at radius 1 is 1.50 bits per heavy atom. The summed E-state index contributed by atoms with van der Waals surface area (Å²) >= 11 is 4.91. The summed E-state index contributed by atoms with van der Waals surface area (Å²) < 4.78 is 13.0. The predicted octanol–water partition coefficient (Wildman–Crippen LogP) is 2.50. The fraction of sp³-hybridized carbons (Fsp3) is 0.467. The van der Waals surface area contributed by atoms with E-state index in [0.29, 0.717) is 19.4 Å². The van der Waals surface area contributed by atoms with Crippen molar-refractivity contribution in [3.05, 3.63) is 35.1 Å². The van der Waals surface area contributed by atoms with Crippen LogP contribution in [0.2, 0.25) is 0 Å². The molecule has 0 heterocycles. The van der Waals surface area contributed by atoms with Crippen LogP contribution >= 0.6 is 12.2 Å². The van der Waals surface area contributed by atoms with Crippen LogP contribution in [-0.4, -0.2) is 17.4 Å². The van der Waals surface area contributed by atoms with Crippen LogP contribution in [-0.2, 0) is 11.2 Å². The van der Waals surface area contributed by atoms with Crippen LogP contribution in [0.4, 0.5) is 4.39 Å². The third-order valence-corrected chi connectivity index (χ3v) is 3.52. The molecule has 0 aliphatic heterocycles. The molecule has 0 fully saturated rings. The number of nitrogens with one attached hydrogen (secondary N) is 1. The first-order valence-corrected chi connectivity index (χ1v) is 7.18. The van der Waals surface area contributed by atoms with Gasteiger partial charge in [0.2, 0.25) is 5.91 Å². The van der Waals surface area contributed by atoms with Gasteiger partial charge in [-0.05, 0) is 43.0 Å². The fourth-order valence-electron chi connectivity index (χ4n) is 2.07. The van der Waals surface area contributed by atoms with Gasteiger partial charge in [-0.1, -0.05) is 31.6 Å². The van der Waals surface area contributed by atoms with Gasteiger partial charge < -0.3 is 11.1 Å². The first kappa shape index (κ1) is 16.6. The fourth-order valence-corrected chi connectivity index (χ4v) is 2.30. The van der Waals surface area contributed by atoms with Crippen molar-refractivity contribution in [3.8, 4) is 0 Å². The zero-order valence-corrected chi connectivity index (χ0v) is 12.7. The maximum Gasteiger partial charge on any atom is 0.229 e. The summed E-state index contributed by atoms with van der Waals surface area (Å²) in [6.07, 6.45) is 2.18. The maximum absolute atomic E-state index is 13.0. The number of carbonyl (C=O) groups is 1. The zero-order valence-electron chi connectivity index (χ0n) is 11.9. The van der Waals surface area contributed by atoms with Crippen LogP contribution in [0.5, 0.6) is 0 Å². The van der Waals surface area contributed by atoms with E-state index in [1.807, 2.05) is 13.8 Å². The van der Waals surface area contributed by atoms with Crippen LogP contribution in [0, 0.1) is 18.7 Å². The largest absolute Gasteiger partial charge is 0.393 e. The highest BCUT2D eigenvalue weighted by atomic mass is 32.1. The van der Waals surface area contributed by atoms with Gasteiger partial charge in [-0.2, -0.15) is 0 Å². The van der Waals surface area contributed by atoms with Gasteiger partial charge in [0, 0.05) is 6.54 Å². The number of thiocarbonyl (C=S) groups is 1. The van der Waals surface area contributed by atoms with E-state index >= 15 is 0 Å². The van der Waals surface area contributed by atoms with Crippen LogP contribution < -0.4 is 11.1 Å². The Hall–Kier alpha value is -1.49. The number of aryl methyl sites for hydroxylation is 1. The lowest BCUT2D eigenvalue weighted by atomic mass is 10.0. The van der Waals surface area contributed by atoms with E-state index in [2.05, 4.69) is 5.32 Å². The highest BCUT2D eigenvalue weighted by Gasteiger charge is 2.19. The number of hydrogen-bond donors (Lipinski definition) is 2. The third-order valence-electron chi connectivity index (χ3n) is 3.24. The van der Waals surface area contributed by atoms with E-state index in [0.717, 1.165) is 17.5 Å². The van der Waals surface area contributed by atoms with Gasteiger partial charge >= 0.3 is 0 Å². The summed E-state index contributed by atoms with van der Waals surface area (Å²) in [5.41, 5.74) is 7.49. The molecular formula is C15H21FN2OS. The molecule has 0 aliphatic rings. The molecule has 20 heavy (non-hydrogen) atoms. The van der Waals surface area contributed by atoms with Crippen molar-refractivity contribution in [2.45, 2.75) is 33.1 Å². The number of amides is 1. The molecular weight excluding hydrogens is 275 g/mol. The molecule has 0 saturated heterocycles. The summed E-state index contributed by atoms with van der Waals surface area (Å²) in [6, 6.07) is 4.67. The number of hydrogen-bond acceptors (Lipinski definition) is 2. The number of nitrogens with two attached hydrogens (primary N) is 1. The molecule has 3 N–H and O–H groups in total. The van der Waals surface area contributed by atoms with E-state index in [1.54, 1.807) is 6.07 Å². The second-order valence-electron chi connectivity index (χ2n) is 4.86. The Balaban J connectivity index is 2.50. The van der Waals surface area contributed by atoms with Crippen molar-refractivity contribution in [1.82, 2.24) is 5.32 Å². The molecule has 0 radical (unpaired) electrons. The quantitative estimate of drug-likeness (QED) is 0.760. The molecule has 1 aromatic carbocycles. The minimum absolute atomic E-state index is 0.126. The van der Waals surface area contributed by atoms with E-state index in [-0.39, 0.29) is 16.7 Å². The van der Waals surface area contributed by atoms with Gasteiger partial charge in [-0.3, -0.25) is 4.79 Å². The van der Waals surface area contributed by atoms with Crippen molar-refractivity contribution in [3.63, 3.8) is 0 Å². The number of rotatable bonds is 7. The number of benzene rings is 1. The van der Waals surface area contributed by atoms with E-state index in [4.69, 9.17) is 18.0 Å². The Morgan fingerprint density at radius 2 is 2.20 bits per heavy atom. The van der Waals surface area contributed by atoms with Crippen molar-refractivity contribution in [2.24, 2.45) is 11.7 Å². The molecule has 0 aliphatic carbocycles. The van der Waals surface area contributed by atoms with Gasteiger partial charge in [0.15, 0.2) is 0 Å². The monoisotopic (exact) mass is 296 g/mol. The lowest BCUT2D eigenvalue weighted by Gasteiger charge is -2.15. The Kier molecular flexibility index (Phi) is 6.58. The molecule has 110 valence electrons. The second kappa shape index (κ2) is 7.94. The predicted molar refractivity (Wildman–Crippen MR) is 83.0 cm³/mol. The molecule has 0 spiro atoms. The Morgan fingerprint density at radius 3 is 2.75 bits per heavy atom. The SMILES string of the molecule is CCCC(C(=O)NCCc1ccc(F)cc1C)C(N)=S. The summed E-state index contributed by atoms with van der Waals surface area (Å²) in [7, 11) is 0. The van der Waals surface area contributed by atoms with Crippen LogP contribution in [0.3, 0.4) is 0 Å². The molecule has 1 aromatic rings. The van der Waals surface area contributed by atoms with Crippen molar-refractivity contribution in [2.75, 3.05) is 6.54 Å². The smallest absolute Gasteiger partial charge is 0.229 e. The Labute approximate surface area is 124 Å². The second-order valence-corrected chi connectivity index (χ2v) is 5.33. The molecule has 0 aromatic heterocycles. The summed E-state index contributed by atoms with van der Waals surface area (Å²) in [5.74, 6) is -0.768. The van der Waals surface area contributed by atoms with E-state index in [9.17, 15) is 9.18 Å². The molecule has 5 heteroatoms. The maximum atomic E-state index is 13.0. The number of halogens is 1. The summed E-state index contributed by atoms with van der Waals surface area (Å²) in [4.78, 5) is 12.2. The highest BCUT2D eigenvalue weighted by molar-refractivity contribution is 7.80. The first-order chi connectivity index (χ1) is 9.45. The normalized spacial score (nSPS) is 11.9. The van der Waals surface area contributed by atoms with Crippen molar-refractivity contribution >= 4 is 23.1 Å². The molecule has 0 bridgehead atoms. The standard InChI is InChI=1S/C15H21FN2OS/c1-3-4-13(14(17)20)15(19)18-8-7-11-5-6-12(16)9-10(11)2/h5-6,9,13H,3-4,7-8H2,1-2H3,(H2,17,20)(H,18,19). The number of carbonyl (C=O) groups excluding carboxylic acids is 1. The first-order valence-electron chi connectivity index (χ1n) is 6.77. The molecule has 1 atom stereocenters. The van der Waals surface area contributed by atoms with Crippen molar-refractivity contribution in [1.29, 1.82) is 0 Å². The summed E-state index contributed by atoms with van der Waals surface area (Å²) in [5, 5.41) is 2.84. The van der Waals surface area contributed by atoms with E-state index in [1.165, 1.54) is 12.1 Å². The molecule has 0 saturated carbocycles. The van der Waals surface area contributed by atoms with E-state index < -0.39 is 5.92 Å². The molecule has 1 amide bonds. The molecule has 1 unspecified atom stereocenters. The minimum Gasteiger partial charge on any atom is -0.393 e. The molecule has 3 nitrogen and oxygen atoms in total.